The summed E-state index contributed by atoms with van der Waals surface area (Å²) >= 11 is 0. The third-order valence-corrected chi connectivity index (χ3v) is 10.8. The van der Waals surface area contributed by atoms with Crippen LogP contribution in [0.3, 0.4) is 0 Å². The van der Waals surface area contributed by atoms with E-state index in [0.29, 0.717) is 29.5 Å². The fourth-order valence-electron chi connectivity index (χ4n) is 5.96. The third kappa shape index (κ3) is 5.94. The van der Waals surface area contributed by atoms with E-state index < -0.39 is 49.7 Å². The lowest BCUT2D eigenvalue weighted by molar-refractivity contribution is -0.131. The van der Waals surface area contributed by atoms with Gasteiger partial charge in [0.2, 0.25) is 5.91 Å². The van der Waals surface area contributed by atoms with Gasteiger partial charge >= 0.3 is 6.09 Å². The number of amides is 2. The molecule has 2 amide bonds. The number of fused-ring (bicyclic) bond motifs is 10. The first kappa shape index (κ1) is 31.2. The average molecular weight is 650 g/mol. The van der Waals surface area contributed by atoms with Gasteiger partial charge in [0.1, 0.15) is 28.4 Å². The quantitative estimate of drug-likeness (QED) is 0.251. The second kappa shape index (κ2) is 11.9. The maximum Gasteiger partial charge on any atom is 0.411 e. The Balaban J connectivity index is 1.46. The molecule has 3 aliphatic rings. The highest BCUT2D eigenvalue weighted by atomic mass is 32.2. The van der Waals surface area contributed by atoms with Gasteiger partial charge in [-0.1, -0.05) is 25.1 Å². The number of aromatic nitrogens is 1. The molecule has 1 saturated carbocycles. The molecule has 0 spiro atoms. The molecular formula is C33H33F2N5O5S. The van der Waals surface area contributed by atoms with Gasteiger partial charge in [-0.3, -0.25) is 10.1 Å². The number of nitrogen functional groups attached to an aromatic ring is 1. The van der Waals surface area contributed by atoms with Crippen molar-refractivity contribution in [2.24, 2.45) is 0 Å². The Morgan fingerprint density at radius 2 is 1.83 bits per heavy atom. The van der Waals surface area contributed by atoms with Gasteiger partial charge in [0.25, 0.3) is 0 Å². The molecule has 1 aromatic heterocycles. The summed E-state index contributed by atoms with van der Waals surface area (Å²) in [4.78, 5) is 31.6. The van der Waals surface area contributed by atoms with Crippen molar-refractivity contribution < 1.29 is 31.5 Å². The number of anilines is 3. The Kier molecular flexibility index (Phi) is 8.05. The van der Waals surface area contributed by atoms with Gasteiger partial charge in [0.05, 0.1) is 17.2 Å². The van der Waals surface area contributed by atoms with E-state index in [4.69, 9.17) is 10.5 Å². The number of nitrogens with one attached hydrogen (secondary N) is 2. The first-order valence-corrected chi connectivity index (χ1v) is 16.3. The lowest BCUT2D eigenvalue weighted by Gasteiger charge is -2.28. The van der Waals surface area contributed by atoms with Gasteiger partial charge in [-0.25, -0.2) is 27.0 Å². The van der Waals surface area contributed by atoms with Crippen LogP contribution >= 0.6 is 0 Å². The van der Waals surface area contributed by atoms with Crippen LogP contribution in [0.2, 0.25) is 0 Å². The minimum Gasteiger partial charge on any atom is -0.449 e. The van der Waals surface area contributed by atoms with E-state index in [0.717, 1.165) is 17.2 Å². The zero-order chi connectivity index (χ0) is 32.9. The van der Waals surface area contributed by atoms with Gasteiger partial charge in [0, 0.05) is 37.1 Å². The van der Waals surface area contributed by atoms with Crippen molar-refractivity contribution in [1.82, 2.24) is 9.88 Å². The molecule has 0 saturated heterocycles. The molecule has 2 atom stereocenters. The molecule has 1 fully saturated rings. The van der Waals surface area contributed by atoms with Crippen LogP contribution in [-0.4, -0.2) is 49.2 Å². The Hall–Kier alpha value is -4.78. The van der Waals surface area contributed by atoms with Crippen LogP contribution in [-0.2, 0) is 25.9 Å². The number of carbonyl (C=O) groups excluding carboxylic acids is 2. The van der Waals surface area contributed by atoms with Crippen LogP contribution in [0.1, 0.15) is 54.0 Å². The lowest BCUT2D eigenvalue weighted by Crippen LogP contribution is -2.35. The molecular weight excluding hydrogens is 616 g/mol. The fourth-order valence-corrected chi connectivity index (χ4v) is 7.87. The van der Waals surface area contributed by atoms with Crippen molar-refractivity contribution in [3.05, 3.63) is 88.6 Å². The van der Waals surface area contributed by atoms with E-state index >= 15 is 8.78 Å². The molecule has 4 bridgehead atoms. The monoisotopic (exact) mass is 649 g/mol. The van der Waals surface area contributed by atoms with Gasteiger partial charge in [0.15, 0.2) is 9.84 Å². The number of sulfone groups is 1. The molecule has 2 aliphatic heterocycles. The summed E-state index contributed by atoms with van der Waals surface area (Å²) in [5, 5.41) is 5.57. The zero-order valence-electron chi connectivity index (χ0n) is 25.4. The number of benzene rings is 3. The minimum absolute atomic E-state index is 0.00326. The van der Waals surface area contributed by atoms with Crippen molar-refractivity contribution in [2.45, 2.75) is 55.3 Å². The average Bonchev–Trinajstić information content (AvgIpc) is 3.84. The van der Waals surface area contributed by atoms with Gasteiger partial charge in [-0.2, -0.15) is 0 Å². The number of hydrogen-bond donors (Lipinski definition) is 3. The first-order valence-electron chi connectivity index (χ1n) is 14.8. The molecule has 13 heteroatoms. The number of rotatable bonds is 4. The molecule has 4 N–H and O–H groups in total. The van der Waals surface area contributed by atoms with Crippen LogP contribution in [0.15, 0.2) is 59.6 Å². The molecule has 0 radical (unpaired) electrons. The van der Waals surface area contributed by atoms with Crippen LogP contribution in [0.4, 0.5) is 30.8 Å². The number of nitrogens with zero attached hydrogens (tertiary/aromatic N) is 2. The Morgan fingerprint density at radius 1 is 1.07 bits per heavy atom. The molecule has 7 rings (SSSR count). The van der Waals surface area contributed by atoms with Crippen molar-refractivity contribution in [1.29, 1.82) is 0 Å². The summed E-state index contributed by atoms with van der Waals surface area (Å²) in [6.07, 6.45) is 1.45. The summed E-state index contributed by atoms with van der Waals surface area (Å²) in [5.41, 5.74) is 8.46. The fraction of sp³-hybridized carbons (Fsp3) is 0.303. The minimum atomic E-state index is -4.04. The summed E-state index contributed by atoms with van der Waals surface area (Å²) in [6.45, 7) is 3.45. The largest absolute Gasteiger partial charge is 0.449 e. The topological polar surface area (TPSA) is 144 Å². The standard InChI is InChI=1S/C33H33F2N5O5S/c1-17-10-20-4-7-25(17)18(2)16-45-33(42)39-23-12-21(30(27(35)14-23)46(43,44)24-5-6-24)15-40(3)32(41)29(20)38-22-11-19-8-9-37-31(36)28(19)26(34)13-22/h4,7-14,18,24,29,38H,5-6,15-16H2,1-3H3,(H2,36,37)(H,39,42). The third-order valence-electron chi connectivity index (χ3n) is 8.42. The maximum absolute atomic E-state index is 15.6. The van der Waals surface area contributed by atoms with E-state index in [-0.39, 0.29) is 41.5 Å². The number of nitrogens with two attached hydrogens (primary N) is 1. The smallest absolute Gasteiger partial charge is 0.411 e. The zero-order valence-corrected chi connectivity index (χ0v) is 26.3. The Morgan fingerprint density at radius 3 is 2.54 bits per heavy atom. The van der Waals surface area contributed by atoms with Crippen molar-refractivity contribution >= 4 is 49.8 Å². The van der Waals surface area contributed by atoms with Gasteiger partial charge in [-0.15, -0.1) is 0 Å². The molecule has 4 aromatic rings. The summed E-state index contributed by atoms with van der Waals surface area (Å²) in [6, 6.07) is 11.2. The number of aryl methyl sites for hydroxylation is 1. The number of pyridine rings is 1. The highest BCUT2D eigenvalue weighted by Crippen LogP contribution is 2.38. The molecule has 240 valence electrons. The van der Waals surface area contributed by atoms with E-state index in [2.05, 4.69) is 15.6 Å². The predicted octanol–water partition coefficient (Wildman–Crippen LogP) is 5.82. The van der Waals surface area contributed by atoms with E-state index in [1.54, 1.807) is 18.2 Å². The number of carbonyl (C=O) groups is 2. The van der Waals surface area contributed by atoms with E-state index in [1.165, 1.54) is 30.3 Å². The van der Waals surface area contributed by atoms with Crippen molar-refractivity contribution in [2.75, 3.05) is 30.0 Å². The van der Waals surface area contributed by atoms with E-state index in [1.807, 2.05) is 26.0 Å². The maximum atomic E-state index is 15.6. The van der Waals surface area contributed by atoms with Gasteiger partial charge < -0.3 is 20.7 Å². The molecule has 3 heterocycles. The molecule has 46 heavy (non-hydrogen) atoms. The van der Waals surface area contributed by atoms with Crippen LogP contribution in [0.25, 0.3) is 10.8 Å². The molecule has 1 aliphatic carbocycles. The summed E-state index contributed by atoms with van der Waals surface area (Å²) < 4.78 is 62.9. The number of likely N-dealkylation sites (N-methyl/N-ethyl adjacent to an activating group) is 1. The number of halogens is 2. The molecule has 10 nitrogen and oxygen atoms in total. The number of ether oxygens (including phenoxy) is 1. The van der Waals surface area contributed by atoms with Crippen LogP contribution < -0.4 is 16.4 Å². The van der Waals surface area contributed by atoms with Gasteiger partial charge in [-0.05, 0) is 77.7 Å². The molecule has 3 aromatic carbocycles. The first-order chi connectivity index (χ1) is 21.8. The number of hydrogen-bond acceptors (Lipinski definition) is 8. The summed E-state index contributed by atoms with van der Waals surface area (Å²) in [5.74, 6) is -2.34. The second-order valence-electron chi connectivity index (χ2n) is 12.0. The summed E-state index contributed by atoms with van der Waals surface area (Å²) in [7, 11) is -2.57. The highest BCUT2D eigenvalue weighted by molar-refractivity contribution is 7.92. The normalized spacial score (nSPS) is 19.2. The predicted molar refractivity (Wildman–Crippen MR) is 170 cm³/mol. The van der Waals surface area contributed by atoms with Crippen molar-refractivity contribution in [3.8, 4) is 0 Å². The lowest BCUT2D eigenvalue weighted by atomic mass is 9.93. The SMILES string of the molecule is Cc1cc2ccc1C(C)COC(=O)Nc1cc(F)c(S(=O)(=O)C3CC3)c(c1)CN(C)C(=O)C2Nc1cc(F)c2c(N)nccc2c1. The van der Waals surface area contributed by atoms with Crippen LogP contribution in [0, 0.1) is 18.6 Å². The van der Waals surface area contributed by atoms with Crippen LogP contribution in [0.5, 0.6) is 0 Å². The molecule has 2 unspecified atom stereocenters. The Labute approximate surface area is 264 Å². The van der Waals surface area contributed by atoms with Crippen molar-refractivity contribution in [3.63, 3.8) is 0 Å². The Bertz CT molecular complexity index is 2000. The van der Waals surface area contributed by atoms with E-state index in [9.17, 15) is 18.0 Å². The highest BCUT2D eigenvalue weighted by Gasteiger charge is 2.40. The second-order valence-corrected chi connectivity index (χ2v) is 14.1.